The molecule has 0 aromatic carbocycles. The lowest BCUT2D eigenvalue weighted by molar-refractivity contribution is -0.112. The lowest BCUT2D eigenvalue weighted by Crippen LogP contribution is -2.50. The highest BCUT2D eigenvalue weighted by Gasteiger charge is 2.63. The van der Waals surface area contributed by atoms with Gasteiger partial charge >= 0.3 is 0 Å². The van der Waals surface area contributed by atoms with E-state index in [1.165, 1.54) is 0 Å². The zero-order valence-corrected chi connectivity index (χ0v) is 11.5. The fourth-order valence-electron chi connectivity index (χ4n) is 0.301. The topological polar surface area (TPSA) is 17.1 Å². The summed E-state index contributed by atoms with van der Waals surface area (Å²) in [6.45, 7) is 0. The van der Waals surface area contributed by atoms with Gasteiger partial charge in [-0.1, -0.05) is 81.2 Å². The third-order valence-corrected chi connectivity index (χ3v) is 5.34. The van der Waals surface area contributed by atoms with E-state index in [4.69, 9.17) is 92.8 Å². The van der Waals surface area contributed by atoms with Gasteiger partial charge in [-0.2, -0.15) is 0 Å². The fourth-order valence-corrected chi connectivity index (χ4v) is 1.71. The molecule has 0 radical (unpaired) electrons. The van der Waals surface area contributed by atoms with Gasteiger partial charge in [0.1, 0.15) is 0 Å². The molecule has 0 spiro atoms. The molecule has 0 saturated carbocycles. The highest BCUT2D eigenvalue weighted by molar-refractivity contribution is 6.86. The first kappa shape index (κ1) is 15.0. The van der Waals surface area contributed by atoms with Gasteiger partial charge in [0.05, 0.1) is 0 Å². The summed E-state index contributed by atoms with van der Waals surface area (Å²) in [6, 6.07) is 0. The smallest absolute Gasteiger partial charge is 0.261 e. The molecule has 0 saturated heterocycles. The van der Waals surface area contributed by atoms with Crippen molar-refractivity contribution in [3.63, 3.8) is 0 Å². The largest absolute Gasteiger partial charge is 0.278 e. The molecule has 0 bridgehead atoms. The Morgan fingerprint density at radius 2 is 1.15 bits per heavy atom. The second-order valence-corrected chi connectivity index (χ2v) is 7.20. The predicted molar refractivity (Wildman–Crippen MR) is 60.0 cm³/mol. The van der Waals surface area contributed by atoms with Crippen molar-refractivity contribution < 1.29 is 4.79 Å². The average molecular weight is 348 g/mol. The Hall–Kier alpha value is 1.99. The summed E-state index contributed by atoms with van der Waals surface area (Å²) in [7, 11) is 0. The van der Waals surface area contributed by atoms with Gasteiger partial charge in [0.15, 0.2) is 0 Å². The Morgan fingerprint density at radius 3 is 1.23 bits per heavy atom. The van der Waals surface area contributed by atoms with Crippen molar-refractivity contribution in [1.82, 2.24) is 0 Å². The first-order chi connectivity index (χ1) is 5.44. The van der Waals surface area contributed by atoms with Gasteiger partial charge < -0.3 is 0 Å². The van der Waals surface area contributed by atoms with Gasteiger partial charge in [0, 0.05) is 0 Å². The summed E-state index contributed by atoms with van der Waals surface area (Å²) in [5.41, 5.74) is 0. The second kappa shape index (κ2) is 4.47. The molecule has 0 aliphatic rings. The molecular weight excluding hydrogens is 348 g/mol. The number of hydrogen-bond acceptors (Lipinski definition) is 1. The van der Waals surface area contributed by atoms with Crippen molar-refractivity contribution in [2.45, 2.75) is 12.5 Å². The monoisotopic (exact) mass is 344 g/mol. The van der Waals surface area contributed by atoms with E-state index in [0.717, 1.165) is 0 Å². The molecule has 0 aromatic heterocycles. The molecule has 0 N–H and O–H groups in total. The average Bonchev–Trinajstić information content (AvgIpc) is 1.84. The van der Waals surface area contributed by atoms with Gasteiger partial charge in [-0.25, -0.2) is 0 Å². The highest BCUT2D eigenvalue weighted by Crippen LogP contribution is 2.56. The summed E-state index contributed by atoms with van der Waals surface area (Å²) >= 11 is 42.9. The molecule has 0 aliphatic heterocycles. The van der Waals surface area contributed by atoms with Crippen LogP contribution in [0, 0.1) is 0 Å². The molecule has 0 aromatic rings. The normalized spacial score (nSPS) is 14.5. The van der Waals surface area contributed by atoms with Gasteiger partial charge in [0.25, 0.3) is 5.24 Å². The van der Waals surface area contributed by atoms with Crippen molar-refractivity contribution in [2.75, 3.05) is 0 Å². The van der Waals surface area contributed by atoms with Crippen LogP contribution in [-0.2, 0) is 4.79 Å². The SMILES string of the molecule is O=C(Cl)C(Cl)(Cl)C(Cl)(Cl)C(Cl)(Cl)Cl. The van der Waals surface area contributed by atoms with E-state index >= 15 is 0 Å². The summed E-state index contributed by atoms with van der Waals surface area (Å²) in [4.78, 5) is 10.7. The number of carbonyl (C=O) groups is 1. The van der Waals surface area contributed by atoms with Crippen LogP contribution in [0.25, 0.3) is 0 Å². The lowest BCUT2D eigenvalue weighted by atomic mass is 10.3. The molecule has 9 heteroatoms. The Morgan fingerprint density at radius 1 is 0.846 bits per heavy atom. The van der Waals surface area contributed by atoms with E-state index in [1.807, 2.05) is 0 Å². The van der Waals surface area contributed by atoms with Crippen molar-refractivity contribution in [3.8, 4) is 0 Å². The van der Waals surface area contributed by atoms with Crippen LogP contribution in [0.15, 0.2) is 0 Å². The molecule has 78 valence electrons. The highest BCUT2D eigenvalue weighted by atomic mass is 35.6. The van der Waals surface area contributed by atoms with E-state index in [0.29, 0.717) is 0 Å². The quantitative estimate of drug-likeness (QED) is 0.532. The molecular formula is C4Cl8O. The molecule has 0 aliphatic carbocycles. The van der Waals surface area contributed by atoms with E-state index in [1.54, 1.807) is 0 Å². The molecule has 1 nitrogen and oxygen atoms in total. The van der Waals surface area contributed by atoms with Crippen molar-refractivity contribution >= 4 is 98.0 Å². The Bertz CT molecular complexity index is 215. The summed E-state index contributed by atoms with van der Waals surface area (Å²) in [5, 5.41) is -1.24. The Balaban J connectivity index is 5.16. The van der Waals surface area contributed by atoms with Crippen molar-refractivity contribution in [2.24, 2.45) is 0 Å². The van der Waals surface area contributed by atoms with Gasteiger partial charge in [0.2, 0.25) is 12.5 Å². The number of rotatable bonds is 2. The number of carbonyl (C=O) groups excluding carboxylic acids is 1. The third-order valence-electron chi connectivity index (χ3n) is 0.997. The minimum absolute atomic E-state index is 1.24. The minimum Gasteiger partial charge on any atom is -0.278 e. The minimum atomic E-state index is -2.41. The van der Waals surface area contributed by atoms with Gasteiger partial charge in [-0.15, -0.1) is 0 Å². The summed E-state index contributed by atoms with van der Waals surface area (Å²) in [6.07, 6.45) is 0. The predicted octanol–water partition coefficient (Wildman–Crippen LogP) is 4.47. The molecule has 0 atom stereocenters. The fraction of sp³-hybridized carbons (Fsp3) is 0.750. The molecule has 0 heterocycles. The molecule has 0 fully saturated rings. The van der Waals surface area contributed by atoms with Gasteiger partial charge in [-0.3, -0.25) is 4.79 Å². The third kappa shape index (κ3) is 2.98. The maximum absolute atomic E-state index is 10.7. The van der Waals surface area contributed by atoms with Gasteiger partial charge in [-0.05, 0) is 11.6 Å². The molecule has 0 amide bonds. The van der Waals surface area contributed by atoms with Crippen LogP contribution >= 0.6 is 92.8 Å². The molecule has 13 heavy (non-hydrogen) atoms. The van der Waals surface area contributed by atoms with Crippen LogP contribution in [0.5, 0.6) is 0 Å². The summed E-state index contributed by atoms with van der Waals surface area (Å²) in [5.74, 6) is 0. The van der Waals surface area contributed by atoms with E-state index < -0.39 is 17.7 Å². The number of hydrogen-bond donors (Lipinski definition) is 0. The Kier molecular flexibility index (Phi) is 5.15. The van der Waals surface area contributed by atoms with Crippen molar-refractivity contribution in [3.05, 3.63) is 0 Å². The summed E-state index contributed by atoms with van der Waals surface area (Å²) < 4.78 is -7.03. The molecule has 0 rings (SSSR count). The van der Waals surface area contributed by atoms with E-state index in [-0.39, 0.29) is 0 Å². The van der Waals surface area contributed by atoms with Crippen LogP contribution in [0.2, 0.25) is 0 Å². The first-order valence-corrected chi connectivity index (χ1v) is 5.49. The van der Waals surface area contributed by atoms with Crippen LogP contribution in [-0.4, -0.2) is 17.7 Å². The van der Waals surface area contributed by atoms with Crippen LogP contribution in [0.4, 0.5) is 0 Å². The maximum atomic E-state index is 10.7. The second-order valence-electron chi connectivity index (χ2n) is 1.92. The zero-order chi connectivity index (χ0) is 11.1. The van der Waals surface area contributed by atoms with Crippen LogP contribution < -0.4 is 0 Å². The van der Waals surface area contributed by atoms with Crippen LogP contribution in [0.1, 0.15) is 0 Å². The number of halogens is 8. The maximum Gasteiger partial charge on any atom is 0.261 e. The van der Waals surface area contributed by atoms with E-state index in [9.17, 15) is 4.79 Å². The standard InChI is InChI=1S/C4Cl8O/c5-1(13)2(6,7)3(8,9)4(10,11)12. The zero-order valence-electron chi connectivity index (χ0n) is 5.43. The Labute approximate surface area is 114 Å². The first-order valence-electron chi connectivity index (χ1n) is 2.47. The van der Waals surface area contributed by atoms with Crippen LogP contribution in [0.3, 0.4) is 0 Å². The van der Waals surface area contributed by atoms with E-state index in [2.05, 4.69) is 0 Å². The number of alkyl halides is 7. The van der Waals surface area contributed by atoms with Crippen molar-refractivity contribution in [1.29, 1.82) is 0 Å². The molecule has 0 unspecified atom stereocenters. The lowest BCUT2D eigenvalue weighted by Gasteiger charge is -2.34.